The van der Waals surface area contributed by atoms with E-state index in [2.05, 4.69) is 20.7 Å². The van der Waals surface area contributed by atoms with Gasteiger partial charge in [-0.1, -0.05) is 18.2 Å². The minimum absolute atomic E-state index is 0.168. The number of halogens is 1. The summed E-state index contributed by atoms with van der Waals surface area (Å²) in [6.45, 7) is 5.32. The normalized spacial score (nSPS) is 11.6. The lowest BCUT2D eigenvalue weighted by atomic mass is 10.1. The van der Waals surface area contributed by atoms with Gasteiger partial charge in [0.15, 0.2) is 5.96 Å². The Bertz CT molecular complexity index is 690. The number of guanidine groups is 1. The van der Waals surface area contributed by atoms with Gasteiger partial charge < -0.3 is 10.6 Å². The predicted octanol–water partition coefficient (Wildman–Crippen LogP) is 2.08. The third-order valence-electron chi connectivity index (χ3n) is 3.96. The van der Waals surface area contributed by atoms with Gasteiger partial charge in [-0.15, -0.1) is 0 Å². The molecule has 124 valence electrons. The molecule has 2 N–H and O–H groups in total. The minimum atomic E-state index is -0.168. The zero-order chi connectivity index (χ0) is 16.8. The SMILES string of the molecule is CN=C(NCCc1ccccc1F)NCc1c(C)nn(C)c1C. The summed E-state index contributed by atoms with van der Waals surface area (Å²) in [7, 11) is 3.66. The number of aryl methyl sites for hydroxylation is 2. The molecule has 0 saturated heterocycles. The van der Waals surface area contributed by atoms with Gasteiger partial charge in [0, 0.05) is 38.4 Å². The Labute approximate surface area is 136 Å². The molecule has 0 spiro atoms. The smallest absolute Gasteiger partial charge is 0.191 e. The molecule has 1 heterocycles. The largest absolute Gasteiger partial charge is 0.356 e. The van der Waals surface area contributed by atoms with Gasteiger partial charge in [-0.3, -0.25) is 9.67 Å². The first-order valence-corrected chi connectivity index (χ1v) is 7.70. The van der Waals surface area contributed by atoms with Crippen molar-refractivity contribution in [3.05, 3.63) is 52.6 Å². The zero-order valence-corrected chi connectivity index (χ0v) is 14.2. The second-order valence-corrected chi connectivity index (χ2v) is 5.47. The molecule has 6 heteroatoms. The van der Waals surface area contributed by atoms with Crippen molar-refractivity contribution >= 4 is 5.96 Å². The van der Waals surface area contributed by atoms with E-state index in [4.69, 9.17) is 0 Å². The monoisotopic (exact) mass is 317 g/mol. The summed E-state index contributed by atoms with van der Waals surface area (Å²) in [6, 6.07) is 6.83. The Morgan fingerprint density at radius 2 is 2.00 bits per heavy atom. The first-order chi connectivity index (χ1) is 11.0. The van der Waals surface area contributed by atoms with Crippen LogP contribution in [-0.4, -0.2) is 29.3 Å². The molecule has 1 aromatic carbocycles. The molecule has 5 nitrogen and oxygen atoms in total. The molecule has 2 rings (SSSR count). The Morgan fingerprint density at radius 1 is 1.26 bits per heavy atom. The summed E-state index contributed by atoms with van der Waals surface area (Å²) in [5.41, 5.74) is 4.02. The van der Waals surface area contributed by atoms with E-state index in [1.807, 2.05) is 31.6 Å². The van der Waals surface area contributed by atoms with E-state index in [0.717, 1.165) is 11.4 Å². The summed E-state index contributed by atoms with van der Waals surface area (Å²) in [6.07, 6.45) is 0.609. The Balaban J connectivity index is 1.85. The van der Waals surface area contributed by atoms with E-state index in [-0.39, 0.29) is 5.82 Å². The average Bonchev–Trinajstić information content (AvgIpc) is 2.78. The van der Waals surface area contributed by atoms with Crippen molar-refractivity contribution in [2.45, 2.75) is 26.8 Å². The fraction of sp³-hybridized carbons (Fsp3) is 0.412. The summed E-state index contributed by atoms with van der Waals surface area (Å²) in [4.78, 5) is 4.20. The second kappa shape index (κ2) is 7.76. The highest BCUT2D eigenvalue weighted by Crippen LogP contribution is 2.11. The maximum atomic E-state index is 13.6. The van der Waals surface area contributed by atoms with E-state index in [0.29, 0.717) is 31.0 Å². The van der Waals surface area contributed by atoms with Crippen LogP contribution in [0.2, 0.25) is 0 Å². The van der Waals surface area contributed by atoms with Crippen LogP contribution in [0.4, 0.5) is 4.39 Å². The summed E-state index contributed by atoms with van der Waals surface area (Å²) < 4.78 is 15.4. The molecule has 0 aliphatic rings. The maximum absolute atomic E-state index is 13.6. The number of nitrogens with zero attached hydrogens (tertiary/aromatic N) is 3. The molecule has 0 aliphatic carbocycles. The van der Waals surface area contributed by atoms with E-state index < -0.39 is 0 Å². The fourth-order valence-electron chi connectivity index (χ4n) is 2.48. The molecule has 1 aromatic heterocycles. The Morgan fingerprint density at radius 3 is 2.61 bits per heavy atom. The Hall–Kier alpha value is -2.37. The lowest BCUT2D eigenvalue weighted by Gasteiger charge is -2.12. The van der Waals surface area contributed by atoms with Crippen LogP contribution in [0, 0.1) is 19.7 Å². The number of hydrogen-bond acceptors (Lipinski definition) is 2. The van der Waals surface area contributed by atoms with E-state index in [9.17, 15) is 4.39 Å². The molecule has 0 radical (unpaired) electrons. The van der Waals surface area contributed by atoms with Crippen molar-refractivity contribution < 1.29 is 4.39 Å². The van der Waals surface area contributed by atoms with Gasteiger partial charge in [0.1, 0.15) is 5.82 Å². The molecule has 0 fully saturated rings. The summed E-state index contributed by atoms with van der Waals surface area (Å²) in [5, 5.41) is 10.9. The van der Waals surface area contributed by atoms with Gasteiger partial charge in [0.2, 0.25) is 0 Å². The molecular formula is C17H24FN5. The third kappa shape index (κ3) is 4.31. The van der Waals surface area contributed by atoms with Crippen LogP contribution in [0.1, 0.15) is 22.5 Å². The minimum Gasteiger partial charge on any atom is -0.356 e. The van der Waals surface area contributed by atoms with Crippen molar-refractivity contribution in [1.82, 2.24) is 20.4 Å². The number of aromatic nitrogens is 2. The first-order valence-electron chi connectivity index (χ1n) is 7.70. The summed E-state index contributed by atoms with van der Waals surface area (Å²) in [5.74, 6) is 0.530. The van der Waals surface area contributed by atoms with E-state index in [1.165, 1.54) is 11.6 Å². The van der Waals surface area contributed by atoms with Crippen LogP contribution in [0.15, 0.2) is 29.3 Å². The molecule has 0 amide bonds. The van der Waals surface area contributed by atoms with Crippen molar-refractivity contribution in [3.63, 3.8) is 0 Å². The van der Waals surface area contributed by atoms with Gasteiger partial charge in [-0.05, 0) is 31.9 Å². The molecule has 0 aliphatic heterocycles. The number of benzene rings is 1. The molecule has 0 saturated carbocycles. The molecule has 0 atom stereocenters. The van der Waals surface area contributed by atoms with Crippen molar-refractivity contribution in [3.8, 4) is 0 Å². The molecule has 2 aromatic rings. The lowest BCUT2D eigenvalue weighted by Crippen LogP contribution is -2.38. The highest BCUT2D eigenvalue weighted by atomic mass is 19.1. The van der Waals surface area contributed by atoms with Crippen LogP contribution in [-0.2, 0) is 20.0 Å². The van der Waals surface area contributed by atoms with Gasteiger partial charge in [0.05, 0.1) is 5.69 Å². The van der Waals surface area contributed by atoms with Gasteiger partial charge in [-0.2, -0.15) is 5.10 Å². The van der Waals surface area contributed by atoms with Crippen molar-refractivity contribution in [1.29, 1.82) is 0 Å². The molecular weight excluding hydrogens is 293 g/mol. The highest BCUT2D eigenvalue weighted by Gasteiger charge is 2.09. The quantitative estimate of drug-likeness (QED) is 0.656. The molecule has 0 unspecified atom stereocenters. The number of rotatable bonds is 5. The highest BCUT2D eigenvalue weighted by molar-refractivity contribution is 5.79. The van der Waals surface area contributed by atoms with Crippen LogP contribution in [0.5, 0.6) is 0 Å². The number of nitrogens with one attached hydrogen (secondary N) is 2. The fourth-order valence-corrected chi connectivity index (χ4v) is 2.48. The standard InChI is InChI=1S/C17H24FN5/c1-12-15(13(2)23(4)22-12)11-21-17(19-3)20-10-9-14-7-5-6-8-16(14)18/h5-8H,9-11H2,1-4H3,(H2,19,20,21). The van der Waals surface area contributed by atoms with E-state index >= 15 is 0 Å². The Kier molecular flexibility index (Phi) is 5.73. The zero-order valence-electron chi connectivity index (χ0n) is 14.2. The predicted molar refractivity (Wildman–Crippen MR) is 91.0 cm³/mol. The van der Waals surface area contributed by atoms with Crippen LogP contribution >= 0.6 is 0 Å². The van der Waals surface area contributed by atoms with Gasteiger partial charge in [0.25, 0.3) is 0 Å². The van der Waals surface area contributed by atoms with E-state index in [1.54, 1.807) is 19.2 Å². The third-order valence-corrected chi connectivity index (χ3v) is 3.96. The number of hydrogen-bond donors (Lipinski definition) is 2. The molecule has 0 bridgehead atoms. The van der Waals surface area contributed by atoms with Crippen LogP contribution < -0.4 is 10.6 Å². The van der Waals surface area contributed by atoms with Crippen molar-refractivity contribution in [2.24, 2.45) is 12.0 Å². The van der Waals surface area contributed by atoms with Crippen LogP contribution in [0.3, 0.4) is 0 Å². The van der Waals surface area contributed by atoms with Crippen molar-refractivity contribution in [2.75, 3.05) is 13.6 Å². The second-order valence-electron chi connectivity index (χ2n) is 5.47. The first kappa shape index (κ1) is 17.0. The average molecular weight is 317 g/mol. The topological polar surface area (TPSA) is 54.2 Å². The molecule has 23 heavy (non-hydrogen) atoms. The summed E-state index contributed by atoms with van der Waals surface area (Å²) >= 11 is 0. The van der Waals surface area contributed by atoms with Crippen LogP contribution in [0.25, 0.3) is 0 Å². The number of aliphatic imine (C=N–C) groups is 1. The van der Waals surface area contributed by atoms with Gasteiger partial charge in [-0.25, -0.2) is 4.39 Å². The maximum Gasteiger partial charge on any atom is 0.191 e. The van der Waals surface area contributed by atoms with Gasteiger partial charge >= 0.3 is 0 Å². The lowest BCUT2D eigenvalue weighted by molar-refractivity contribution is 0.606.